The van der Waals surface area contributed by atoms with Gasteiger partial charge in [-0.05, 0) is 31.0 Å². The van der Waals surface area contributed by atoms with Gasteiger partial charge in [-0.25, -0.2) is 0 Å². The minimum absolute atomic E-state index is 0.0336. The highest BCUT2D eigenvalue weighted by Crippen LogP contribution is 2.24. The molecule has 1 fully saturated rings. The van der Waals surface area contributed by atoms with Crippen molar-refractivity contribution in [3.8, 4) is 0 Å². The van der Waals surface area contributed by atoms with E-state index in [9.17, 15) is 4.79 Å². The van der Waals surface area contributed by atoms with E-state index in [2.05, 4.69) is 47.3 Å². The Hall–Kier alpha value is -2.37. The van der Waals surface area contributed by atoms with Gasteiger partial charge in [0.1, 0.15) is 0 Å². The quantitative estimate of drug-likeness (QED) is 0.841. The van der Waals surface area contributed by atoms with Crippen molar-refractivity contribution in [1.82, 2.24) is 19.9 Å². The number of amides is 1. The number of aromatic nitrogens is 3. The molecule has 2 aromatic rings. The summed E-state index contributed by atoms with van der Waals surface area (Å²) in [6, 6.07) is 6.38. The van der Waals surface area contributed by atoms with E-state index < -0.39 is 0 Å². The molecule has 6 heteroatoms. The molecule has 116 valence electrons. The van der Waals surface area contributed by atoms with Crippen LogP contribution in [0.25, 0.3) is 0 Å². The Morgan fingerprint density at radius 2 is 1.86 bits per heavy atom. The number of benzene rings is 1. The number of hydrogen-bond donors (Lipinski definition) is 0. The van der Waals surface area contributed by atoms with Crippen LogP contribution < -0.4 is 4.90 Å². The van der Waals surface area contributed by atoms with Crippen molar-refractivity contribution in [2.75, 3.05) is 31.1 Å². The third-order valence-corrected chi connectivity index (χ3v) is 4.31. The molecule has 0 aliphatic carbocycles. The first-order valence-corrected chi connectivity index (χ1v) is 7.53. The second kappa shape index (κ2) is 5.79. The summed E-state index contributed by atoms with van der Waals surface area (Å²) >= 11 is 0. The van der Waals surface area contributed by atoms with E-state index in [1.165, 1.54) is 16.8 Å². The van der Waals surface area contributed by atoms with Gasteiger partial charge in [0.15, 0.2) is 5.69 Å². The van der Waals surface area contributed by atoms with E-state index in [-0.39, 0.29) is 5.91 Å². The molecule has 0 radical (unpaired) electrons. The van der Waals surface area contributed by atoms with Gasteiger partial charge < -0.3 is 9.80 Å². The Morgan fingerprint density at radius 3 is 2.50 bits per heavy atom. The molecule has 1 aromatic heterocycles. The topological polar surface area (TPSA) is 54.3 Å². The van der Waals surface area contributed by atoms with Gasteiger partial charge in [-0.3, -0.25) is 9.48 Å². The van der Waals surface area contributed by atoms with Gasteiger partial charge in [0.05, 0.1) is 6.20 Å². The van der Waals surface area contributed by atoms with E-state index in [0.29, 0.717) is 18.8 Å². The van der Waals surface area contributed by atoms with Crippen molar-refractivity contribution >= 4 is 11.6 Å². The number of aryl methyl sites for hydroxylation is 2. The van der Waals surface area contributed by atoms with Crippen LogP contribution in [0.5, 0.6) is 0 Å². The molecule has 1 aliphatic rings. The number of nitrogens with zero attached hydrogens (tertiary/aromatic N) is 5. The highest BCUT2D eigenvalue weighted by Gasteiger charge is 2.24. The molecular formula is C16H21N5O. The van der Waals surface area contributed by atoms with Crippen molar-refractivity contribution in [3.63, 3.8) is 0 Å². The van der Waals surface area contributed by atoms with Gasteiger partial charge in [-0.2, -0.15) is 0 Å². The molecule has 0 N–H and O–H groups in total. The molecule has 22 heavy (non-hydrogen) atoms. The van der Waals surface area contributed by atoms with Crippen molar-refractivity contribution in [3.05, 3.63) is 41.2 Å². The van der Waals surface area contributed by atoms with Crippen molar-refractivity contribution in [1.29, 1.82) is 0 Å². The molecule has 1 saturated heterocycles. The van der Waals surface area contributed by atoms with Crippen LogP contribution in [0.15, 0.2) is 24.4 Å². The SMILES string of the molecule is Cc1cccc(N2CCN(C(=O)c3cn(C)nn3)CC2)c1C. The molecule has 0 saturated carbocycles. The third-order valence-electron chi connectivity index (χ3n) is 4.31. The van der Waals surface area contributed by atoms with Gasteiger partial charge in [0, 0.05) is 38.9 Å². The Balaban J connectivity index is 1.67. The van der Waals surface area contributed by atoms with E-state index in [1.807, 2.05) is 4.90 Å². The monoisotopic (exact) mass is 299 g/mol. The first-order valence-electron chi connectivity index (χ1n) is 7.53. The summed E-state index contributed by atoms with van der Waals surface area (Å²) in [6.07, 6.45) is 1.67. The summed E-state index contributed by atoms with van der Waals surface area (Å²) < 4.78 is 1.56. The van der Waals surface area contributed by atoms with Gasteiger partial charge in [-0.1, -0.05) is 17.3 Å². The van der Waals surface area contributed by atoms with Crippen molar-refractivity contribution in [2.45, 2.75) is 13.8 Å². The average molecular weight is 299 g/mol. The zero-order valence-corrected chi connectivity index (χ0v) is 13.3. The standard InChI is InChI=1S/C16H21N5O/c1-12-5-4-6-15(13(12)2)20-7-9-21(10-8-20)16(22)14-11-19(3)18-17-14/h4-6,11H,7-10H2,1-3H3. The van der Waals surface area contributed by atoms with Crippen LogP contribution in [0.4, 0.5) is 5.69 Å². The van der Waals surface area contributed by atoms with E-state index in [0.717, 1.165) is 13.1 Å². The highest BCUT2D eigenvalue weighted by atomic mass is 16.2. The molecule has 6 nitrogen and oxygen atoms in total. The Kier molecular flexibility index (Phi) is 3.83. The number of hydrogen-bond acceptors (Lipinski definition) is 4. The Morgan fingerprint density at radius 1 is 1.14 bits per heavy atom. The lowest BCUT2D eigenvalue weighted by Gasteiger charge is -2.36. The lowest BCUT2D eigenvalue weighted by molar-refractivity contribution is 0.0740. The summed E-state index contributed by atoms with van der Waals surface area (Å²) in [5, 5.41) is 7.73. The average Bonchev–Trinajstić information content (AvgIpc) is 2.96. The minimum Gasteiger partial charge on any atom is -0.368 e. The van der Waals surface area contributed by atoms with Crippen LogP contribution in [0.2, 0.25) is 0 Å². The first kappa shape index (κ1) is 14.6. The van der Waals surface area contributed by atoms with Crippen LogP contribution in [0, 0.1) is 13.8 Å². The van der Waals surface area contributed by atoms with E-state index in [1.54, 1.807) is 17.9 Å². The van der Waals surface area contributed by atoms with Gasteiger partial charge in [-0.15, -0.1) is 5.10 Å². The van der Waals surface area contributed by atoms with Crippen LogP contribution in [-0.4, -0.2) is 52.0 Å². The van der Waals surface area contributed by atoms with Crippen molar-refractivity contribution in [2.24, 2.45) is 7.05 Å². The molecule has 0 atom stereocenters. The molecule has 1 aliphatic heterocycles. The summed E-state index contributed by atoms with van der Waals surface area (Å²) in [7, 11) is 1.77. The molecule has 1 aromatic carbocycles. The van der Waals surface area contributed by atoms with E-state index >= 15 is 0 Å². The number of anilines is 1. The first-order chi connectivity index (χ1) is 10.6. The van der Waals surface area contributed by atoms with E-state index in [4.69, 9.17) is 0 Å². The molecule has 3 rings (SSSR count). The highest BCUT2D eigenvalue weighted by molar-refractivity contribution is 5.92. The smallest absolute Gasteiger partial charge is 0.276 e. The second-order valence-corrected chi connectivity index (χ2v) is 5.78. The molecule has 0 unspecified atom stereocenters. The van der Waals surface area contributed by atoms with Crippen LogP contribution >= 0.6 is 0 Å². The number of carbonyl (C=O) groups is 1. The number of carbonyl (C=O) groups excluding carboxylic acids is 1. The molecule has 2 heterocycles. The van der Waals surface area contributed by atoms with Crippen LogP contribution in [-0.2, 0) is 7.05 Å². The van der Waals surface area contributed by atoms with Gasteiger partial charge in [0.2, 0.25) is 0 Å². The zero-order valence-electron chi connectivity index (χ0n) is 13.3. The fourth-order valence-corrected chi connectivity index (χ4v) is 2.84. The summed E-state index contributed by atoms with van der Waals surface area (Å²) in [5.41, 5.74) is 4.31. The number of rotatable bonds is 2. The molecule has 0 spiro atoms. The second-order valence-electron chi connectivity index (χ2n) is 5.78. The maximum Gasteiger partial charge on any atom is 0.276 e. The largest absolute Gasteiger partial charge is 0.368 e. The summed E-state index contributed by atoms with van der Waals surface area (Å²) in [5.74, 6) is -0.0336. The molecule has 1 amide bonds. The lowest BCUT2D eigenvalue weighted by Crippen LogP contribution is -2.49. The maximum atomic E-state index is 12.4. The summed E-state index contributed by atoms with van der Waals surface area (Å²) in [6.45, 7) is 7.40. The predicted octanol–water partition coefficient (Wildman–Crippen LogP) is 1.39. The molecular weight excluding hydrogens is 278 g/mol. The fourth-order valence-electron chi connectivity index (χ4n) is 2.84. The maximum absolute atomic E-state index is 12.4. The Bertz CT molecular complexity index is 686. The van der Waals surface area contributed by atoms with Crippen LogP contribution in [0.3, 0.4) is 0 Å². The lowest BCUT2D eigenvalue weighted by atomic mass is 10.1. The van der Waals surface area contributed by atoms with Gasteiger partial charge in [0.25, 0.3) is 5.91 Å². The van der Waals surface area contributed by atoms with Crippen molar-refractivity contribution < 1.29 is 4.79 Å². The normalized spacial score (nSPS) is 15.2. The van der Waals surface area contributed by atoms with Gasteiger partial charge >= 0.3 is 0 Å². The third kappa shape index (κ3) is 2.68. The zero-order chi connectivity index (χ0) is 15.7. The van der Waals surface area contributed by atoms with Crippen LogP contribution in [0.1, 0.15) is 21.6 Å². The number of piperazine rings is 1. The minimum atomic E-state index is -0.0336. The molecule has 0 bridgehead atoms. The fraction of sp³-hybridized carbons (Fsp3) is 0.438. The Labute approximate surface area is 130 Å². The summed E-state index contributed by atoms with van der Waals surface area (Å²) in [4.78, 5) is 16.6. The predicted molar refractivity (Wildman–Crippen MR) is 85.0 cm³/mol.